The van der Waals surface area contributed by atoms with Gasteiger partial charge in [0.25, 0.3) is 5.91 Å². The highest BCUT2D eigenvalue weighted by Gasteiger charge is 2.35. The van der Waals surface area contributed by atoms with E-state index in [1.165, 1.54) is 4.68 Å². The highest BCUT2D eigenvalue weighted by atomic mass is 16.5. The van der Waals surface area contributed by atoms with Gasteiger partial charge >= 0.3 is 5.97 Å². The van der Waals surface area contributed by atoms with Gasteiger partial charge in [0.2, 0.25) is 5.91 Å². The summed E-state index contributed by atoms with van der Waals surface area (Å²) in [6.45, 7) is 2.40. The molecule has 1 unspecified atom stereocenters. The lowest BCUT2D eigenvalue weighted by atomic mass is 10.1. The fourth-order valence-corrected chi connectivity index (χ4v) is 3.67. The number of unbranched alkanes of at least 4 members (excludes halogenated alkanes) is 1. The number of carbonyl (C=O) groups excluding carboxylic acids is 3. The largest absolute Gasteiger partial charge is 0.497 e. The van der Waals surface area contributed by atoms with Crippen LogP contribution in [-0.4, -0.2) is 41.3 Å². The molecule has 0 saturated heterocycles. The van der Waals surface area contributed by atoms with Crippen molar-refractivity contribution < 1.29 is 23.9 Å². The normalized spacial score (nSPS) is 14.3. The summed E-state index contributed by atoms with van der Waals surface area (Å²) in [6.07, 6.45) is 3.34. The number of amides is 2. The molecule has 1 aliphatic rings. The minimum atomic E-state index is -0.755. The number of hydrogen-bond donors (Lipinski definition) is 2. The molecule has 0 spiro atoms. The first-order valence-electron chi connectivity index (χ1n) is 11.1. The first-order valence-corrected chi connectivity index (χ1v) is 11.1. The van der Waals surface area contributed by atoms with Gasteiger partial charge in [0, 0.05) is 11.3 Å². The number of hydrogen-bond acceptors (Lipinski definition) is 6. The molecule has 176 valence electrons. The van der Waals surface area contributed by atoms with E-state index in [4.69, 9.17) is 9.47 Å². The zero-order chi connectivity index (χ0) is 24.1. The van der Waals surface area contributed by atoms with Crippen LogP contribution in [0, 0.1) is 0 Å². The smallest absolute Gasteiger partial charge is 0.338 e. The summed E-state index contributed by atoms with van der Waals surface area (Å²) in [7, 11) is 1.60. The topological polar surface area (TPSA) is 112 Å². The Morgan fingerprint density at radius 3 is 2.53 bits per heavy atom. The molecule has 0 saturated carbocycles. The van der Waals surface area contributed by atoms with E-state index in [1.807, 2.05) is 31.2 Å². The van der Waals surface area contributed by atoms with Crippen LogP contribution in [0.4, 0.5) is 11.5 Å². The van der Waals surface area contributed by atoms with Crippen molar-refractivity contribution in [1.82, 2.24) is 9.78 Å². The van der Waals surface area contributed by atoms with Crippen LogP contribution in [-0.2, 0) is 14.3 Å². The maximum Gasteiger partial charge on any atom is 0.338 e. The van der Waals surface area contributed by atoms with Crippen LogP contribution in [0.5, 0.6) is 5.75 Å². The predicted octanol–water partition coefficient (Wildman–Crippen LogP) is 4.04. The highest BCUT2D eigenvalue weighted by Crippen LogP contribution is 2.36. The molecule has 1 atom stereocenters. The molecule has 2 aromatic carbocycles. The molecular weight excluding hydrogens is 436 g/mol. The van der Waals surface area contributed by atoms with Crippen LogP contribution in [0.25, 0.3) is 11.1 Å². The van der Waals surface area contributed by atoms with Crippen LogP contribution in [0.2, 0.25) is 0 Å². The van der Waals surface area contributed by atoms with Gasteiger partial charge in [0.1, 0.15) is 17.6 Å². The van der Waals surface area contributed by atoms with Gasteiger partial charge in [-0.05, 0) is 48.4 Å². The van der Waals surface area contributed by atoms with Crippen LogP contribution in [0.3, 0.4) is 0 Å². The number of esters is 1. The van der Waals surface area contributed by atoms with E-state index in [0.717, 1.165) is 29.7 Å². The average molecular weight is 463 g/mol. The molecule has 3 aromatic rings. The lowest BCUT2D eigenvalue weighted by molar-refractivity contribution is -0.123. The molecular formula is C25H26N4O5. The molecule has 0 fully saturated rings. The maximum absolute atomic E-state index is 12.6. The van der Waals surface area contributed by atoms with E-state index in [2.05, 4.69) is 15.7 Å². The minimum absolute atomic E-state index is 0.0800. The van der Waals surface area contributed by atoms with Crippen molar-refractivity contribution in [3.05, 3.63) is 60.3 Å². The standard InChI is InChI=1S/C25H26N4O5/c1-3-4-13-34-25(32)17-5-9-18(10-6-17)27-22(30)14-21-24(31)28-23-20(15-26-29(21)23)16-7-11-19(33-2)12-8-16/h5-12,15,21H,3-4,13-14H2,1-2H3,(H,27,30)(H,28,31). The summed E-state index contributed by atoms with van der Waals surface area (Å²) in [5.41, 5.74) is 2.57. The lowest BCUT2D eigenvalue weighted by Crippen LogP contribution is -2.23. The average Bonchev–Trinajstić information content (AvgIpc) is 3.38. The molecule has 4 rings (SSSR count). The Morgan fingerprint density at radius 2 is 1.85 bits per heavy atom. The van der Waals surface area contributed by atoms with Crippen molar-refractivity contribution in [2.45, 2.75) is 32.2 Å². The number of nitrogens with one attached hydrogen (secondary N) is 2. The highest BCUT2D eigenvalue weighted by molar-refractivity contribution is 6.04. The second kappa shape index (κ2) is 10.2. The van der Waals surface area contributed by atoms with Gasteiger partial charge < -0.3 is 20.1 Å². The van der Waals surface area contributed by atoms with Gasteiger partial charge in [-0.15, -0.1) is 0 Å². The second-order valence-electron chi connectivity index (χ2n) is 7.90. The summed E-state index contributed by atoms with van der Waals surface area (Å²) < 4.78 is 11.9. The van der Waals surface area contributed by atoms with Gasteiger partial charge in [0.15, 0.2) is 0 Å². The van der Waals surface area contributed by atoms with Gasteiger partial charge in [-0.3, -0.25) is 9.59 Å². The Kier molecular flexibility index (Phi) is 6.91. The van der Waals surface area contributed by atoms with Crippen molar-refractivity contribution in [2.24, 2.45) is 0 Å². The van der Waals surface area contributed by atoms with Gasteiger partial charge in [0.05, 0.1) is 31.9 Å². The van der Waals surface area contributed by atoms with E-state index in [0.29, 0.717) is 23.7 Å². The predicted molar refractivity (Wildman–Crippen MR) is 127 cm³/mol. The molecule has 2 heterocycles. The fourth-order valence-electron chi connectivity index (χ4n) is 3.67. The molecule has 2 amide bonds. The first kappa shape index (κ1) is 23.0. The Bertz CT molecular complexity index is 1190. The monoisotopic (exact) mass is 462 g/mol. The van der Waals surface area contributed by atoms with Crippen molar-refractivity contribution in [3.63, 3.8) is 0 Å². The molecule has 1 aliphatic heterocycles. The third kappa shape index (κ3) is 4.93. The van der Waals surface area contributed by atoms with Crippen LogP contribution >= 0.6 is 0 Å². The number of fused-ring (bicyclic) bond motifs is 1. The summed E-state index contributed by atoms with van der Waals surface area (Å²) in [4.78, 5) is 37.2. The summed E-state index contributed by atoms with van der Waals surface area (Å²) in [5, 5.41) is 9.94. The molecule has 9 heteroatoms. The van der Waals surface area contributed by atoms with Crippen molar-refractivity contribution in [1.29, 1.82) is 0 Å². The molecule has 0 bridgehead atoms. The van der Waals surface area contributed by atoms with Crippen molar-refractivity contribution >= 4 is 29.3 Å². The zero-order valence-electron chi connectivity index (χ0n) is 19.0. The van der Waals surface area contributed by atoms with E-state index in [9.17, 15) is 14.4 Å². The number of methoxy groups -OCH3 is 1. The number of carbonyl (C=O) groups is 3. The van der Waals surface area contributed by atoms with Gasteiger partial charge in [-0.25, -0.2) is 9.48 Å². The number of ether oxygens (including phenoxy) is 2. The van der Waals surface area contributed by atoms with Crippen LogP contribution in [0.1, 0.15) is 42.6 Å². The third-order valence-electron chi connectivity index (χ3n) is 5.55. The third-order valence-corrected chi connectivity index (χ3v) is 5.55. The van der Waals surface area contributed by atoms with Gasteiger partial charge in [-0.1, -0.05) is 25.5 Å². The SMILES string of the molecule is CCCCOC(=O)c1ccc(NC(=O)CC2C(=O)Nc3c(-c4ccc(OC)cc4)cnn32)cc1. The summed E-state index contributed by atoms with van der Waals surface area (Å²) in [6, 6.07) is 13.1. The minimum Gasteiger partial charge on any atom is -0.497 e. The lowest BCUT2D eigenvalue weighted by Gasteiger charge is -2.10. The van der Waals surface area contributed by atoms with Crippen LogP contribution in [0.15, 0.2) is 54.7 Å². The van der Waals surface area contributed by atoms with Gasteiger partial charge in [-0.2, -0.15) is 5.10 Å². The van der Waals surface area contributed by atoms with E-state index in [-0.39, 0.29) is 18.2 Å². The fraction of sp³-hybridized carbons (Fsp3) is 0.280. The summed E-state index contributed by atoms with van der Waals surface area (Å²) >= 11 is 0. The number of benzene rings is 2. The molecule has 0 radical (unpaired) electrons. The Labute approximate surface area is 197 Å². The first-order chi connectivity index (χ1) is 16.5. The van der Waals surface area contributed by atoms with E-state index >= 15 is 0 Å². The van der Waals surface area contributed by atoms with Crippen molar-refractivity contribution in [2.75, 3.05) is 24.4 Å². The van der Waals surface area contributed by atoms with Crippen molar-refractivity contribution in [3.8, 4) is 16.9 Å². The van der Waals surface area contributed by atoms with Crippen LogP contribution < -0.4 is 15.4 Å². The number of nitrogens with zero attached hydrogens (tertiary/aromatic N) is 2. The number of aromatic nitrogens is 2. The zero-order valence-corrected chi connectivity index (χ0v) is 19.0. The molecule has 2 N–H and O–H groups in total. The van der Waals surface area contributed by atoms with E-state index < -0.39 is 12.0 Å². The molecule has 9 nitrogen and oxygen atoms in total. The Hall–Kier alpha value is -4.14. The molecule has 34 heavy (non-hydrogen) atoms. The second-order valence-corrected chi connectivity index (χ2v) is 7.90. The quantitative estimate of drug-likeness (QED) is 0.367. The number of rotatable bonds is 9. The van der Waals surface area contributed by atoms with E-state index in [1.54, 1.807) is 37.6 Å². The Morgan fingerprint density at radius 1 is 1.12 bits per heavy atom. The summed E-state index contributed by atoms with van der Waals surface area (Å²) in [5.74, 6) is 0.255. The number of anilines is 2. The molecule has 0 aliphatic carbocycles. The molecule has 1 aromatic heterocycles. The Balaban J connectivity index is 1.39. The maximum atomic E-state index is 12.6.